The molecule has 0 aliphatic carbocycles. The summed E-state index contributed by atoms with van der Waals surface area (Å²) in [6, 6.07) is 7.58. The topological polar surface area (TPSA) is 77.8 Å². The van der Waals surface area contributed by atoms with E-state index in [9.17, 15) is 0 Å². The molecular weight excluding hydrogens is 200 g/mol. The monoisotopic (exact) mass is 210 g/mol. The summed E-state index contributed by atoms with van der Waals surface area (Å²) < 4.78 is 0. The van der Waals surface area contributed by atoms with Crippen molar-refractivity contribution in [3.63, 3.8) is 0 Å². The number of hydrogen-bond donors (Lipinski definition) is 2. The Morgan fingerprint density at radius 2 is 1.38 bits per heavy atom. The number of anilines is 2. The quantitative estimate of drug-likeness (QED) is 0.337. The zero-order valence-corrected chi connectivity index (χ0v) is 8.51. The summed E-state index contributed by atoms with van der Waals surface area (Å²) in [6.07, 6.45) is 3.44. The largest absolute Gasteiger partial charge is 0.396 e. The lowest BCUT2D eigenvalue weighted by molar-refractivity contribution is 1.39. The lowest BCUT2D eigenvalue weighted by Gasteiger charge is -2.08. The molecule has 0 saturated carbocycles. The molecule has 0 amide bonds. The van der Waals surface area contributed by atoms with E-state index >= 15 is 0 Å². The minimum Gasteiger partial charge on any atom is -0.396 e. The molecule has 4 heteroatoms. The van der Waals surface area contributed by atoms with Gasteiger partial charge in [-0.2, -0.15) is 0 Å². The molecule has 78 valence electrons. The van der Waals surface area contributed by atoms with Crippen LogP contribution in [0.25, 0.3) is 21.8 Å². The maximum absolute atomic E-state index is 5.98. The smallest absolute Gasteiger partial charge is 0.0974 e. The van der Waals surface area contributed by atoms with E-state index < -0.39 is 0 Å². The van der Waals surface area contributed by atoms with Crippen molar-refractivity contribution in [3.8, 4) is 0 Å². The van der Waals surface area contributed by atoms with E-state index in [4.69, 9.17) is 11.5 Å². The van der Waals surface area contributed by atoms with Crippen LogP contribution >= 0.6 is 0 Å². The maximum atomic E-state index is 5.98. The molecule has 0 saturated heterocycles. The molecule has 0 radical (unpaired) electrons. The van der Waals surface area contributed by atoms with E-state index in [0.717, 1.165) is 16.3 Å². The number of nitrogens with zero attached hydrogens (tertiary/aromatic N) is 2. The Morgan fingerprint density at radius 1 is 0.750 bits per heavy atom. The van der Waals surface area contributed by atoms with Crippen molar-refractivity contribution in [1.29, 1.82) is 0 Å². The van der Waals surface area contributed by atoms with E-state index in [-0.39, 0.29) is 0 Å². The molecule has 0 spiro atoms. The van der Waals surface area contributed by atoms with Crippen LogP contribution in [0.3, 0.4) is 0 Å². The highest BCUT2D eigenvalue weighted by atomic mass is 14.8. The number of pyridine rings is 2. The molecule has 0 fully saturated rings. The van der Waals surface area contributed by atoms with Gasteiger partial charge in [0.25, 0.3) is 0 Å². The Morgan fingerprint density at radius 3 is 2.12 bits per heavy atom. The van der Waals surface area contributed by atoms with Crippen LogP contribution in [0.2, 0.25) is 0 Å². The Bertz CT molecular complexity index is 630. The van der Waals surface area contributed by atoms with Gasteiger partial charge in [-0.25, -0.2) is 0 Å². The van der Waals surface area contributed by atoms with E-state index in [0.29, 0.717) is 16.9 Å². The summed E-state index contributed by atoms with van der Waals surface area (Å²) in [5, 5.41) is 1.81. The highest BCUT2D eigenvalue weighted by Gasteiger charge is 2.10. The standard InChI is InChI=1S/C12H10N4/c13-9-7-3-1-5-15-11(7)8-4-2-6-16-12(8)10(9)14/h1-6H,13-14H2. The van der Waals surface area contributed by atoms with Crippen molar-refractivity contribution in [3.05, 3.63) is 36.7 Å². The van der Waals surface area contributed by atoms with Crippen molar-refractivity contribution in [2.24, 2.45) is 0 Å². The summed E-state index contributed by atoms with van der Waals surface area (Å²) in [5.74, 6) is 0. The summed E-state index contributed by atoms with van der Waals surface area (Å²) in [4.78, 5) is 8.58. The minimum atomic E-state index is 0.524. The zero-order chi connectivity index (χ0) is 11.1. The number of fused-ring (bicyclic) bond motifs is 3. The van der Waals surface area contributed by atoms with Gasteiger partial charge in [-0.1, -0.05) is 0 Å². The normalized spacial score (nSPS) is 11.0. The highest BCUT2D eigenvalue weighted by Crippen LogP contribution is 2.33. The summed E-state index contributed by atoms with van der Waals surface area (Å²) >= 11 is 0. The first kappa shape index (κ1) is 8.91. The predicted molar refractivity (Wildman–Crippen MR) is 65.9 cm³/mol. The van der Waals surface area contributed by atoms with Gasteiger partial charge in [-0.3, -0.25) is 9.97 Å². The molecular formula is C12H10N4. The third kappa shape index (κ3) is 1.04. The van der Waals surface area contributed by atoms with Crippen LogP contribution in [0.4, 0.5) is 11.4 Å². The number of nitrogen functional groups attached to an aromatic ring is 2. The average molecular weight is 210 g/mol. The fourth-order valence-corrected chi connectivity index (χ4v) is 1.92. The number of nitrogens with two attached hydrogens (primary N) is 2. The van der Waals surface area contributed by atoms with Gasteiger partial charge in [0, 0.05) is 23.2 Å². The second-order valence-corrected chi connectivity index (χ2v) is 3.63. The lowest BCUT2D eigenvalue weighted by atomic mass is 10.1. The van der Waals surface area contributed by atoms with Gasteiger partial charge in [-0.15, -0.1) is 0 Å². The van der Waals surface area contributed by atoms with Gasteiger partial charge < -0.3 is 11.5 Å². The Hall–Kier alpha value is -2.36. The van der Waals surface area contributed by atoms with E-state index in [1.165, 1.54) is 0 Å². The van der Waals surface area contributed by atoms with Crippen LogP contribution in [0.1, 0.15) is 0 Å². The third-order valence-electron chi connectivity index (χ3n) is 2.71. The fraction of sp³-hybridized carbons (Fsp3) is 0. The van der Waals surface area contributed by atoms with E-state index in [1.807, 2.05) is 24.3 Å². The second kappa shape index (κ2) is 3.06. The third-order valence-corrected chi connectivity index (χ3v) is 2.71. The second-order valence-electron chi connectivity index (χ2n) is 3.63. The molecule has 2 aromatic heterocycles. The van der Waals surface area contributed by atoms with Crippen molar-refractivity contribution in [2.45, 2.75) is 0 Å². The summed E-state index contributed by atoms with van der Waals surface area (Å²) in [6.45, 7) is 0. The molecule has 16 heavy (non-hydrogen) atoms. The van der Waals surface area contributed by atoms with Gasteiger partial charge in [0.2, 0.25) is 0 Å². The number of aromatic nitrogens is 2. The van der Waals surface area contributed by atoms with Crippen LogP contribution in [0.5, 0.6) is 0 Å². The zero-order valence-electron chi connectivity index (χ0n) is 8.51. The first-order valence-corrected chi connectivity index (χ1v) is 4.95. The van der Waals surface area contributed by atoms with Crippen LogP contribution in [-0.4, -0.2) is 9.97 Å². The number of rotatable bonds is 0. The van der Waals surface area contributed by atoms with Gasteiger partial charge in [0.15, 0.2) is 0 Å². The van der Waals surface area contributed by atoms with Crippen LogP contribution in [-0.2, 0) is 0 Å². The van der Waals surface area contributed by atoms with E-state index in [1.54, 1.807) is 12.4 Å². The first-order valence-electron chi connectivity index (χ1n) is 4.95. The van der Waals surface area contributed by atoms with Gasteiger partial charge in [-0.05, 0) is 24.3 Å². The molecule has 3 aromatic rings. The van der Waals surface area contributed by atoms with Gasteiger partial charge >= 0.3 is 0 Å². The number of hydrogen-bond acceptors (Lipinski definition) is 4. The summed E-state index contributed by atoms with van der Waals surface area (Å²) in [7, 11) is 0. The molecule has 0 bridgehead atoms. The molecule has 4 nitrogen and oxygen atoms in total. The Balaban J connectivity index is 2.69. The number of benzene rings is 1. The SMILES string of the molecule is Nc1c(N)c2ncccc2c2ncccc12. The minimum absolute atomic E-state index is 0.524. The summed E-state index contributed by atoms with van der Waals surface area (Å²) in [5.41, 5.74) is 14.6. The Kier molecular flexibility index (Phi) is 1.71. The first-order chi connectivity index (χ1) is 7.79. The molecule has 0 aliphatic heterocycles. The molecule has 4 N–H and O–H groups in total. The van der Waals surface area contributed by atoms with Gasteiger partial charge in [0.1, 0.15) is 0 Å². The Labute approximate surface area is 91.9 Å². The van der Waals surface area contributed by atoms with Crippen molar-refractivity contribution in [1.82, 2.24) is 9.97 Å². The molecule has 1 aromatic carbocycles. The van der Waals surface area contributed by atoms with Crippen molar-refractivity contribution < 1.29 is 0 Å². The fourth-order valence-electron chi connectivity index (χ4n) is 1.92. The van der Waals surface area contributed by atoms with Crippen molar-refractivity contribution in [2.75, 3.05) is 11.5 Å². The highest BCUT2D eigenvalue weighted by molar-refractivity contribution is 6.15. The average Bonchev–Trinajstić information content (AvgIpc) is 2.36. The molecule has 0 unspecified atom stereocenters. The lowest BCUT2D eigenvalue weighted by Crippen LogP contribution is -1.99. The molecule has 0 aliphatic rings. The van der Waals surface area contributed by atoms with Crippen LogP contribution in [0.15, 0.2) is 36.7 Å². The van der Waals surface area contributed by atoms with Crippen LogP contribution < -0.4 is 11.5 Å². The molecule has 3 rings (SSSR count). The van der Waals surface area contributed by atoms with Crippen LogP contribution in [0, 0.1) is 0 Å². The molecule has 2 heterocycles. The van der Waals surface area contributed by atoms with E-state index in [2.05, 4.69) is 9.97 Å². The van der Waals surface area contributed by atoms with Crippen molar-refractivity contribution >= 4 is 33.2 Å². The molecule has 0 atom stereocenters. The maximum Gasteiger partial charge on any atom is 0.0974 e. The predicted octanol–water partition coefficient (Wildman–Crippen LogP) is 1.95. The van der Waals surface area contributed by atoms with Gasteiger partial charge in [0.05, 0.1) is 22.4 Å².